The van der Waals surface area contributed by atoms with E-state index in [1.165, 1.54) is 34.8 Å². The summed E-state index contributed by atoms with van der Waals surface area (Å²) in [7, 11) is 1.74. The Balaban J connectivity index is 1.75. The molecule has 3 unspecified atom stereocenters. The second-order valence-electron chi connectivity index (χ2n) is 6.12. The van der Waals surface area contributed by atoms with Crippen molar-refractivity contribution < 1.29 is 9.47 Å². The van der Waals surface area contributed by atoms with Gasteiger partial charge in [-0.05, 0) is 45.4 Å². The Labute approximate surface area is 131 Å². The Morgan fingerprint density at radius 1 is 1.38 bits per heavy atom. The third kappa shape index (κ3) is 3.65. The van der Waals surface area contributed by atoms with Gasteiger partial charge >= 0.3 is 0 Å². The van der Waals surface area contributed by atoms with Crippen molar-refractivity contribution in [3.05, 3.63) is 15.6 Å². The molecule has 1 N–H and O–H groups in total. The highest BCUT2D eigenvalue weighted by Gasteiger charge is 2.33. The molecule has 4 nitrogen and oxygen atoms in total. The summed E-state index contributed by atoms with van der Waals surface area (Å²) in [4.78, 5) is 6.44. The summed E-state index contributed by atoms with van der Waals surface area (Å²) in [5.74, 6) is 0. The van der Waals surface area contributed by atoms with Crippen LogP contribution in [0.5, 0.6) is 0 Å². The number of nitrogens with one attached hydrogen (secondary N) is 1. The van der Waals surface area contributed by atoms with Crippen LogP contribution in [0.1, 0.15) is 54.2 Å². The van der Waals surface area contributed by atoms with Crippen molar-refractivity contribution in [1.29, 1.82) is 0 Å². The number of aromatic nitrogens is 1. The van der Waals surface area contributed by atoms with E-state index in [1.54, 1.807) is 7.11 Å². The molecule has 1 fully saturated rings. The number of aryl methyl sites for hydroxylation is 2. The smallest absolute Gasteiger partial charge is 0.113 e. The molecule has 21 heavy (non-hydrogen) atoms. The van der Waals surface area contributed by atoms with Crippen molar-refractivity contribution >= 4 is 11.3 Å². The molecule has 2 heterocycles. The van der Waals surface area contributed by atoms with Gasteiger partial charge in [0.25, 0.3) is 0 Å². The maximum absolute atomic E-state index is 6.10. The van der Waals surface area contributed by atoms with Gasteiger partial charge in [-0.15, -0.1) is 11.3 Å². The van der Waals surface area contributed by atoms with Crippen LogP contribution in [0.4, 0.5) is 0 Å². The zero-order chi connectivity index (χ0) is 14.7. The molecular formula is C16H26N2O2S. The highest BCUT2D eigenvalue weighted by atomic mass is 32.1. The predicted octanol–water partition coefficient (Wildman–Crippen LogP) is 2.87. The number of fused-ring (bicyclic) bond motifs is 1. The van der Waals surface area contributed by atoms with Crippen molar-refractivity contribution in [3.63, 3.8) is 0 Å². The van der Waals surface area contributed by atoms with Gasteiger partial charge in [-0.2, -0.15) is 0 Å². The SMILES string of the molecule is COCCNC(c1nc2c(s1)CCCC2)C1CCC(C)O1. The van der Waals surface area contributed by atoms with Gasteiger partial charge < -0.3 is 14.8 Å². The van der Waals surface area contributed by atoms with Crippen molar-refractivity contribution in [2.45, 2.75) is 63.7 Å². The third-order valence-corrected chi connectivity index (χ3v) is 5.68. The average molecular weight is 310 g/mol. The molecule has 1 aromatic heterocycles. The van der Waals surface area contributed by atoms with Gasteiger partial charge in [-0.3, -0.25) is 0 Å². The molecule has 1 saturated heterocycles. The topological polar surface area (TPSA) is 43.4 Å². The normalized spacial score (nSPS) is 26.8. The first-order chi connectivity index (χ1) is 10.3. The first kappa shape index (κ1) is 15.4. The molecule has 0 saturated carbocycles. The Morgan fingerprint density at radius 2 is 2.24 bits per heavy atom. The molecular weight excluding hydrogens is 284 g/mol. The van der Waals surface area contributed by atoms with Gasteiger partial charge in [-0.1, -0.05) is 0 Å². The summed E-state index contributed by atoms with van der Waals surface area (Å²) in [6.07, 6.45) is 7.86. The number of hydrogen-bond donors (Lipinski definition) is 1. The Bertz CT molecular complexity index is 440. The number of thiazole rings is 1. The van der Waals surface area contributed by atoms with Crippen LogP contribution < -0.4 is 5.32 Å². The van der Waals surface area contributed by atoms with Gasteiger partial charge in [0.05, 0.1) is 30.6 Å². The largest absolute Gasteiger partial charge is 0.383 e. The number of ether oxygens (including phenoxy) is 2. The molecule has 1 aromatic rings. The summed E-state index contributed by atoms with van der Waals surface area (Å²) in [6.45, 7) is 3.74. The Hall–Kier alpha value is -0.490. The lowest BCUT2D eigenvalue weighted by molar-refractivity contribution is 0.0299. The van der Waals surface area contributed by atoms with E-state index < -0.39 is 0 Å². The Morgan fingerprint density at radius 3 is 2.95 bits per heavy atom. The minimum Gasteiger partial charge on any atom is -0.383 e. The van der Waals surface area contributed by atoms with Gasteiger partial charge in [0, 0.05) is 18.5 Å². The van der Waals surface area contributed by atoms with Crippen molar-refractivity contribution in [3.8, 4) is 0 Å². The molecule has 0 spiro atoms. The molecule has 0 bridgehead atoms. The highest BCUT2D eigenvalue weighted by Crippen LogP contribution is 2.35. The van der Waals surface area contributed by atoms with Crippen molar-refractivity contribution in [2.24, 2.45) is 0 Å². The monoisotopic (exact) mass is 310 g/mol. The molecule has 5 heteroatoms. The van der Waals surface area contributed by atoms with Crippen LogP contribution in [0.15, 0.2) is 0 Å². The average Bonchev–Trinajstić information content (AvgIpc) is 3.09. The lowest BCUT2D eigenvalue weighted by atomic mass is 10.0. The highest BCUT2D eigenvalue weighted by molar-refractivity contribution is 7.11. The van der Waals surface area contributed by atoms with Crippen molar-refractivity contribution in [1.82, 2.24) is 10.3 Å². The minimum atomic E-state index is 0.223. The van der Waals surface area contributed by atoms with E-state index in [1.807, 2.05) is 11.3 Å². The van der Waals surface area contributed by atoms with Gasteiger partial charge in [0.15, 0.2) is 0 Å². The van der Waals surface area contributed by atoms with Crippen LogP contribution in [-0.2, 0) is 22.3 Å². The standard InChI is InChI=1S/C16H26N2O2S/c1-11-7-8-13(20-11)15(17-9-10-19-2)16-18-12-5-3-4-6-14(12)21-16/h11,13,15,17H,3-10H2,1-2H3. The van der Waals surface area contributed by atoms with E-state index in [4.69, 9.17) is 14.5 Å². The maximum atomic E-state index is 6.10. The quantitative estimate of drug-likeness (QED) is 0.821. The maximum Gasteiger partial charge on any atom is 0.113 e. The van der Waals surface area contributed by atoms with Gasteiger partial charge in [-0.25, -0.2) is 4.98 Å². The second kappa shape index (κ2) is 7.18. The lowest BCUT2D eigenvalue weighted by Gasteiger charge is -2.23. The number of methoxy groups -OCH3 is 1. The number of hydrogen-bond acceptors (Lipinski definition) is 5. The molecule has 0 aromatic carbocycles. The fraction of sp³-hybridized carbons (Fsp3) is 0.812. The van der Waals surface area contributed by atoms with Crippen LogP contribution >= 0.6 is 11.3 Å². The summed E-state index contributed by atoms with van der Waals surface area (Å²) in [6, 6.07) is 0.223. The summed E-state index contributed by atoms with van der Waals surface area (Å²) >= 11 is 1.90. The number of nitrogens with zero attached hydrogens (tertiary/aromatic N) is 1. The van der Waals surface area contributed by atoms with Crippen LogP contribution in [0, 0.1) is 0 Å². The van der Waals surface area contributed by atoms with Crippen molar-refractivity contribution in [2.75, 3.05) is 20.3 Å². The minimum absolute atomic E-state index is 0.223. The van der Waals surface area contributed by atoms with Gasteiger partial charge in [0.1, 0.15) is 5.01 Å². The molecule has 3 rings (SSSR count). The molecule has 1 aliphatic carbocycles. The Kier molecular flexibility index (Phi) is 5.27. The molecule has 1 aliphatic heterocycles. The van der Waals surface area contributed by atoms with Gasteiger partial charge in [0.2, 0.25) is 0 Å². The molecule has 2 aliphatic rings. The molecule has 118 valence electrons. The van der Waals surface area contributed by atoms with E-state index in [0.29, 0.717) is 6.10 Å². The third-order valence-electron chi connectivity index (χ3n) is 4.44. The van der Waals surface area contributed by atoms with E-state index in [9.17, 15) is 0 Å². The van der Waals surface area contributed by atoms with Crippen LogP contribution in [0.2, 0.25) is 0 Å². The first-order valence-corrected chi connectivity index (χ1v) is 8.96. The second-order valence-corrected chi connectivity index (χ2v) is 7.23. The summed E-state index contributed by atoms with van der Waals surface area (Å²) < 4.78 is 11.3. The lowest BCUT2D eigenvalue weighted by Crippen LogP contribution is -2.34. The van der Waals surface area contributed by atoms with E-state index in [-0.39, 0.29) is 12.1 Å². The summed E-state index contributed by atoms with van der Waals surface area (Å²) in [5, 5.41) is 4.83. The fourth-order valence-corrected chi connectivity index (χ4v) is 4.56. The zero-order valence-corrected chi connectivity index (χ0v) is 13.9. The molecule has 3 atom stereocenters. The van der Waals surface area contributed by atoms with E-state index >= 15 is 0 Å². The zero-order valence-electron chi connectivity index (χ0n) is 13.1. The van der Waals surface area contributed by atoms with Crippen LogP contribution in [-0.4, -0.2) is 37.5 Å². The van der Waals surface area contributed by atoms with E-state index in [0.717, 1.165) is 32.4 Å². The van der Waals surface area contributed by atoms with Crippen LogP contribution in [0.3, 0.4) is 0 Å². The fourth-order valence-electron chi connectivity index (χ4n) is 3.28. The van der Waals surface area contributed by atoms with E-state index in [2.05, 4.69) is 12.2 Å². The van der Waals surface area contributed by atoms with Crippen LogP contribution in [0.25, 0.3) is 0 Å². The summed E-state index contributed by atoms with van der Waals surface area (Å²) in [5.41, 5.74) is 1.34. The number of rotatable bonds is 6. The molecule has 0 radical (unpaired) electrons. The first-order valence-electron chi connectivity index (χ1n) is 8.14. The predicted molar refractivity (Wildman–Crippen MR) is 84.9 cm³/mol. The molecule has 0 amide bonds.